The summed E-state index contributed by atoms with van der Waals surface area (Å²) in [5.41, 5.74) is 10.8. The summed E-state index contributed by atoms with van der Waals surface area (Å²) in [6.07, 6.45) is 6.72. The van der Waals surface area contributed by atoms with Gasteiger partial charge >= 0.3 is 6.17 Å². The lowest BCUT2D eigenvalue weighted by Crippen LogP contribution is -2.59. The molecule has 6 aromatic carbocycles. The van der Waals surface area contributed by atoms with Gasteiger partial charge in [0.2, 0.25) is 17.1 Å². The zero-order valence-electron chi connectivity index (χ0n) is 29.7. The molecule has 3 heterocycles. The van der Waals surface area contributed by atoms with Crippen molar-refractivity contribution in [3.05, 3.63) is 199 Å². The predicted molar refractivity (Wildman–Crippen MR) is 213 cm³/mol. The number of aryl methyl sites for hydroxylation is 3. The molecule has 0 saturated heterocycles. The van der Waals surface area contributed by atoms with Gasteiger partial charge < -0.3 is 0 Å². The predicted octanol–water partition coefficient (Wildman–Crippen LogP) is 10.3. The molecule has 0 bridgehead atoms. The second-order valence-electron chi connectivity index (χ2n) is 13.9. The molecule has 3 nitrogen and oxygen atoms in total. The van der Waals surface area contributed by atoms with Crippen LogP contribution in [0.3, 0.4) is 0 Å². The second-order valence-corrected chi connectivity index (χ2v) is 13.9. The van der Waals surface area contributed by atoms with Crippen molar-refractivity contribution in [1.82, 2.24) is 0 Å². The third-order valence-corrected chi connectivity index (χ3v) is 10.6. The lowest BCUT2D eigenvalue weighted by molar-refractivity contribution is -0.923. The second kappa shape index (κ2) is 13.0. The van der Waals surface area contributed by atoms with Crippen LogP contribution in [0.5, 0.6) is 0 Å². The number of rotatable bonds is 6. The van der Waals surface area contributed by atoms with Crippen LogP contribution >= 0.6 is 0 Å². The van der Waals surface area contributed by atoms with Gasteiger partial charge in [-0.3, -0.25) is 0 Å². The molecule has 52 heavy (non-hydrogen) atoms. The molecule has 9 rings (SSSR count). The lowest BCUT2D eigenvalue weighted by Gasteiger charge is -2.19. The summed E-state index contributed by atoms with van der Waals surface area (Å²) in [6, 6.07) is 59.7. The normalized spacial score (nSPS) is 11.5. The van der Waals surface area contributed by atoms with Gasteiger partial charge in [-0.25, -0.2) is 4.57 Å². The summed E-state index contributed by atoms with van der Waals surface area (Å²) in [4.78, 5) is 0. The Morgan fingerprint density at radius 2 is 0.731 bits per heavy atom. The van der Waals surface area contributed by atoms with E-state index < -0.39 is 0 Å². The third-order valence-electron chi connectivity index (χ3n) is 10.6. The summed E-state index contributed by atoms with van der Waals surface area (Å²) in [5.74, 6) is 0. The molecule has 0 unspecified atom stereocenters. The number of aromatic nitrogens is 3. The number of benzene rings is 6. The molecule has 3 aromatic heterocycles. The first-order chi connectivity index (χ1) is 25.5. The Hall–Kier alpha value is -6.45. The molecule has 0 fully saturated rings. The van der Waals surface area contributed by atoms with Crippen LogP contribution in [-0.4, -0.2) is 0 Å². The van der Waals surface area contributed by atoms with Crippen molar-refractivity contribution >= 4 is 32.3 Å². The monoisotopic (exact) mass is 670 g/mol. The SMILES string of the molecule is Cc1ccccc1-c1cc2ccccc2c[n+]1C(c1ccccc1-c1cc2ccccc2c[n+]1C)[n+]1cc2ccccc2cc1-c1ccccc1C. The van der Waals surface area contributed by atoms with Crippen LogP contribution in [-0.2, 0) is 7.05 Å². The Bertz CT molecular complexity index is 2670. The van der Waals surface area contributed by atoms with Gasteiger partial charge in [-0.2, -0.15) is 0 Å². The lowest BCUT2D eigenvalue weighted by atomic mass is 9.96. The fourth-order valence-corrected chi connectivity index (χ4v) is 7.91. The van der Waals surface area contributed by atoms with Crippen molar-refractivity contribution in [3.63, 3.8) is 0 Å². The summed E-state index contributed by atoms with van der Waals surface area (Å²) < 4.78 is 7.31. The van der Waals surface area contributed by atoms with E-state index in [1.807, 2.05) is 0 Å². The fraction of sp³-hybridized carbons (Fsp3) is 0.0816. The number of hydrogen-bond acceptors (Lipinski definition) is 0. The maximum Gasteiger partial charge on any atom is 0.381 e. The maximum atomic E-state index is 2.51. The van der Waals surface area contributed by atoms with Crippen molar-refractivity contribution in [3.8, 4) is 33.8 Å². The molecule has 0 aliphatic heterocycles. The minimum atomic E-state index is -0.263. The van der Waals surface area contributed by atoms with Crippen LogP contribution < -0.4 is 13.7 Å². The molecule has 0 atom stereocenters. The molecule has 0 spiro atoms. The van der Waals surface area contributed by atoms with Crippen molar-refractivity contribution in [2.75, 3.05) is 0 Å². The van der Waals surface area contributed by atoms with Crippen LogP contribution in [0.25, 0.3) is 66.1 Å². The molecular weight excluding hydrogens is 631 g/mol. The van der Waals surface area contributed by atoms with E-state index in [4.69, 9.17) is 0 Å². The molecule has 0 aliphatic carbocycles. The molecule has 0 saturated carbocycles. The standard InChI is InChI=1S/C49H40N3/c1-34-16-4-12-24-42(34)47-29-37-19-7-10-22-40(37)32-51(47)49(45-27-15-14-26-44(45)46-28-36-18-6-9-21-39(36)31-50(46)3)52-33-41-23-11-8-20-38(41)30-48(52)43-25-13-5-17-35(43)2/h4-33,49H,1-3H3/q+3. The maximum absolute atomic E-state index is 2.51. The highest BCUT2D eigenvalue weighted by atomic mass is 15.2. The van der Waals surface area contributed by atoms with Crippen molar-refractivity contribution < 1.29 is 13.7 Å². The first kappa shape index (κ1) is 31.5. The Morgan fingerprint density at radius 1 is 0.365 bits per heavy atom. The summed E-state index contributed by atoms with van der Waals surface area (Å²) in [7, 11) is 2.16. The Morgan fingerprint density at radius 3 is 1.21 bits per heavy atom. The van der Waals surface area contributed by atoms with Gasteiger partial charge in [0.1, 0.15) is 12.6 Å². The van der Waals surface area contributed by atoms with Gasteiger partial charge in [-0.15, -0.1) is 9.13 Å². The van der Waals surface area contributed by atoms with E-state index in [9.17, 15) is 0 Å². The minimum absolute atomic E-state index is 0.263. The van der Waals surface area contributed by atoms with Crippen LogP contribution in [0, 0.1) is 13.8 Å². The molecule has 0 radical (unpaired) electrons. The minimum Gasteiger partial charge on any atom is -0.200 e. The molecule has 0 aliphatic rings. The van der Waals surface area contributed by atoms with Crippen molar-refractivity contribution in [1.29, 1.82) is 0 Å². The highest BCUT2D eigenvalue weighted by Crippen LogP contribution is 2.33. The summed E-state index contributed by atoms with van der Waals surface area (Å²) >= 11 is 0. The smallest absolute Gasteiger partial charge is 0.200 e. The molecule has 0 N–H and O–H groups in total. The largest absolute Gasteiger partial charge is 0.381 e. The summed E-state index contributed by atoms with van der Waals surface area (Å²) in [5, 5.41) is 7.26. The van der Waals surface area contributed by atoms with Crippen LogP contribution in [0.15, 0.2) is 182 Å². The number of pyridine rings is 3. The van der Waals surface area contributed by atoms with E-state index in [2.05, 4.69) is 217 Å². The molecular formula is C49H40N3+3. The molecule has 3 heteroatoms. The summed E-state index contributed by atoms with van der Waals surface area (Å²) in [6.45, 7) is 4.43. The molecule has 0 amide bonds. The van der Waals surface area contributed by atoms with E-state index in [1.165, 1.54) is 65.7 Å². The quantitative estimate of drug-likeness (QED) is 0.156. The van der Waals surface area contributed by atoms with Crippen LogP contribution in [0.2, 0.25) is 0 Å². The fourth-order valence-electron chi connectivity index (χ4n) is 7.91. The Kier molecular flexibility index (Phi) is 7.90. The van der Waals surface area contributed by atoms with E-state index in [1.54, 1.807) is 0 Å². The third kappa shape index (κ3) is 5.52. The number of fused-ring (bicyclic) bond motifs is 3. The van der Waals surface area contributed by atoms with E-state index in [-0.39, 0.29) is 6.17 Å². The highest BCUT2D eigenvalue weighted by Gasteiger charge is 2.40. The van der Waals surface area contributed by atoms with Gasteiger partial charge in [0.25, 0.3) is 0 Å². The zero-order chi connectivity index (χ0) is 35.2. The van der Waals surface area contributed by atoms with Crippen LogP contribution in [0.4, 0.5) is 0 Å². The number of hydrogen-bond donors (Lipinski definition) is 0. The van der Waals surface area contributed by atoms with E-state index in [0.717, 1.165) is 17.1 Å². The number of nitrogens with zero attached hydrogens (tertiary/aromatic N) is 3. The van der Waals surface area contributed by atoms with E-state index >= 15 is 0 Å². The van der Waals surface area contributed by atoms with E-state index in [0.29, 0.717) is 0 Å². The average Bonchev–Trinajstić information content (AvgIpc) is 3.18. The first-order valence-corrected chi connectivity index (χ1v) is 18.0. The van der Waals surface area contributed by atoms with Gasteiger partial charge in [-0.05, 0) is 83.6 Å². The zero-order valence-corrected chi connectivity index (χ0v) is 29.7. The molecule has 248 valence electrons. The van der Waals surface area contributed by atoms with Gasteiger partial charge in [-0.1, -0.05) is 103 Å². The van der Waals surface area contributed by atoms with Crippen molar-refractivity contribution in [2.24, 2.45) is 7.05 Å². The van der Waals surface area contributed by atoms with Crippen molar-refractivity contribution in [2.45, 2.75) is 20.0 Å². The Labute approximate surface area is 305 Å². The molecule has 9 aromatic rings. The van der Waals surface area contributed by atoms with Gasteiger partial charge in [0.15, 0.2) is 18.6 Å². The highest BCUT2D eigenvalue weighted by molar-refractivity contribution is 5.86. The van der Waals surface area contributed by atoms with Gasteiger partial charge in [0, 0.05) is 45.5 Å². The Balaban J connectivity index is 1.44. The average molecular weight is 671 g/mol. The van der Waals surface area contributed by atoms with Crippen LogP contribution in [0.1, 0.15) is 22.9 Å². The van der Waals surface area contributed by atoms with Gasteiger partial charge in [0.05, 0.1) is 5.56 Å². The first-order valence-electron chi connectivity index (χ1n) is 18.0. The topological polar surface area (TPSA) is 11.6 Å².